The highest BCUT2D eigenvalue weighted by Gasteiger charge is 2.28. The van der Waals surface area contributed by atoms with Crippen LogP contribution in [0.2, 0.25) is 0 Å². The fraction of sp³-hybridized carbons (Fsp3) is 0.400. The van der Waals surface area contributed by atoms with Crippen LogP contribution in [0.25, 0.3) is 0 Å². The van der Waals surface area contributed by atoms with Crippen molar-refractivity contribution in [3.05, 3.63) is 11.9 Å². The third kappa shape index (κ3) is 3.59. The lowest BCUT2D eigenvalue weighted by molar-refractivity contribution is -0.134. The molecule has 64 valence electrons. The van der Waals surface area contributed by atoms with Gasteiger partial charge in [-0.3, -0.25) is 0 Å². The van der Waals surface area contributed by atoms with E-state index < -0.39 is 30.5 Å². The highest BCUT2D eigenvalue weighted by Crippen LogP contribution is 2.18. The van der Waals surface area contributed by atoms with Crippen LogP contribution in [0.5, 0.6) is 0 Å². The Morgan fingerprint density at radius 2 is 2.00 bits per heavy atom. The summed E-state index contributed by atoms with van der Waals surface area (Å²) < 4.78 is 46.7. The second-order valence-corrected chi connectivity index (χ2v) is 1.69. The first-order valence-corrected chi connectivity index (χ1v) is 2.44. The molecule has 0 aromatic carbocycles. The minimum Gasteiger partial charge on any atom is -0.476 e. The van der Waals surface area contributed by atoms with E-state index in [1.807, 2.05) is 0 Å². The SMILES string of the molecule is O=C(O)/C(F)=C/C(F)(F)CF. The Labute approximate surface area is 59.1 Å². The summed E-state index contributed by atoms with van der Waals surface area (Å²) in [6, 6.07) is 0. The number of carboxylic acids is 1. The van der Waals surface area contributed by atoms with Gasteiger partial charge in [0.15, 0.2) is 6.67 Å². The number of carboxylic acid groups (broad SMARTS) is 1. The predicted molar refractivity (Wildman–Crippen MR) is 27.7 cm³/mol. The smallest absolute Gasteiger partial charge is 0.364 e. The van der Waals surface area contributed by atoms with Crippen molar-refractivity contribution in [1.29, 1.82) is 0 Å². The van der Waals surface area contributed by atoms with Gasteiger partial charge in [-0.1, -0.05) is 0 Å². The van der Waals surface area contributed by atoms with Gasteiger partial charge in [-0.15, -0.1) is 0 Å². The van der Waals surface area contributed by atoms with E-state index >= 15 is 0 Å². The van der Waals surface area contributed by atoms with E-state index in [0.717, 1.165) is 0 Å². The maximum atomic E-state index is 11.8. The zero-order chi connectivity index (χ0) is 9.07. The summed E-state index contributed by atoms with van der Waals surface area (Å²) in [6.45, 7) is -2.12. The van der Waals surface area contributed by atoms with E-state index in [2.05, 4.69) is 0 Å². The number of alkyl halides is 3. The Morgan fingerprint density at radius 3 is 2.27 bits per heavy atom. The van der Waals surface area contributed by atoms with E-state index in [1.54, 1.807) is 0 Å². The first-order chi connectivity index (χ1) is 4.89. The molecular formula is C5H4F4O2. The molecule has 0 saturated heterocycles. The first kappa shape index (κ1) is 9.93. The van der Waals surface area contributed by atoms with Crippen LogP contribution >= 0.6 is 0 Å². The molecule has 0 amide bonds. The van der Waals surface area contributed by atoms with Gasteiger partial charge >= 0.3 is 5.97 Å². The quantitative estimate of drug-likeness (QED) is 0.517. The molecule has 0 fully saturated rings. The van der Waals surface area contributed by atoms with Crippen molar-refractivity contribution >= 4 is 5.97 Å². The molecule has 0 aromatic rings. The van der Waals surface area contributed by atoms with Crippen LogP contribution in [0.1, 0.15) is 0 Å². The maximum Gasteiger partial charge on any atom is 0.364 e. The molecule has 0 aliphatic rings. The maximum absolute atomic E-state index is 11.8. The Balaban J connectivity index is 4.41. The van der Waals surface area contributed by atoms with Crippen LogP contribution in [-0.2, 0) is 4.79 Å². The molecule has 0 aromatic heterocycles. The monoisotopic (exact) mass is 172 g/mol. The van der Waals surface area contributed by atoms with E-state index in [0.29, 0.717) is 0 Å². The van der Waals surface area contributed by atoms with Gasteiger partial charge in [-0.25, -0.2) is 9.18 Å². The normalized spacial score (nSPS) is 13.3. The largest absolute Gasteiger partial charge is 0.476 e. The molecule has 6 heteroatoms. The minimum absolute atomic E-state index is 0.574. The summed E-state index contributed by atoms with van der Waals surface area (Å²) in [5, 5.41) is 7.74. The summed E-state index contributed by atoms with van der Waals surface area (Å²) in [4.78, 5) is 9.59. The van der Waals surface area contributed by atoms with Crippen molar-refractivity contribution in [2.24, 2.45) is 0 Å². The molecule has 11 heavy (non-hydrogen) atoms. The highest BCUT2D eigenvalue weighted by molar-refractivity contribution is 5.84. The van der Waals surface area contributed by atoms with Crippen LogP contribution in [0, 0.1) is 0 Å². The summed E-state index contributed by atoms with van der Waals surface area (Å²) in [6.07, 6.45) is -0.574. The Bertz CT molecular complexity index is 187. The van der Waals surface area contributed by atoms with Gasteiger partial charge in [-0.2, -0.15) is 13.2 Å². The van der Waals surface area contributed by atoms with Gasteiger partial charge in [-0.05, 0) is 0 Å². The van der Waals surface area contributed by atoms with Crippen molar-refractivity contribution in [2.75, 3.05) is 6.67 Å². The number of halogens is 4. The average molecular weight is 172 g/mol. The number of hydrogen-bond donors (Lipinski definition) is 1. The standard InChI is InChI=1S/C5H4F4O2/c6-2-5(8,9)1-3(7)4(10)11/h1H,2H2,(H,10,11)/b3-1-. The summed E-state index contributed by atoms with van der Waals surface area (Å²) in [7, 11) is 0. The fourth-order valence-corrected chi connectivity index (χ4v) is 0.286. The Hall–Kier alpha value is -1.07. The van der Waals surface area contributed by atoms with Crippen molar-refractivity contribution < 1.29 is 27.5 Å². The molecule has 1 N–H and O–H groups in total. The number of carbonyl (C=O) groups is 1. The number of allylic oxidation sites excluding steroid dienone is 1. The number of hydrogen-bond acceptors (Lipinski definition) is 1. The summed E-state index contributed by atoms with van der Waals surface area (Å²) in [5.41, 5.74) is 0. The van der Waals surface area contributed by atoms with Gasteiger partial charge in [0.1, 0.15) is 0 Å². The summed E-state index contributed by atoms with van der Waals surface area (Å²) in [5.74, 6) is -8.24. The molecular weight excluding hydrogens is 168 g/mol. The van der Waals surface area contributed by atoms with Crippen LogP contribution in [0.3, 0.4) is 0 Å². The molecule has 0 spiro atoms. The molecule has 0 saturated carbocycles. The molecule has 0 unspecified atom stereocenters. The number of aliphatic carboxylic acids is 1. The zero-order valence-corrected chi connectivity index (χ0v) is 5.15. The van der Waals surface area contributed by atoms with E-state index in [-0.39, 0.29) is 0 Å². The number of rotatable bonds is 3. The van der Waals surface area contributed by atoms with Crippen molar-refractivity contribution in [1.82, 2.24) is 0 Å². The topological polar surface area (TPSA) is 37.3 Å². The van der Waals surface area contributed by atoms with Crippen LogP contribution in [0.4, 0.5) is 17.6 Å². The fourth-order valence-electron chi connectivity index (χ4n) is 0.286. The third-order valence-electron chi connectivity index (χ3n) is 0.720. The molecule has 0 atom stereocenters. The molecule has 0 radical (unpaired) electrons. The lowest BCUT2D eigenvalue weighted by atomic mass is 10.3. The van der Waals surface area contributed by atoms with Crippen molar-refractivity contribution in [2.45, 2.75) is 5.92 Å². The van der Waals surface area contributed by atoms with Gasteiger partial charge < -0.3 is 5.11 Å². The zero-order valence-electron chi connectivity index (χ0n) is 5.15. The highest BCUT2D eigenvalue weighted by atomic mass is 19.3. The van der Waals surface area contributed by atoms with Gasteiger partial charge in [0.05, 0.1) is 0 Å². The van der Waals surface area contributed by atoms with Crippen LogP contribution < -0.4 is 0 Å². The molecule has 0 heterocycles. The molecule has 0 aliphatic carbocycles. The predicted octanol–water partition coefficient (Wildman–Crippen LogP) is 1.53. The minimum atomic E-state index is -4.04. The van der Waals surface area contributed by atoms with E-state index in [9.17, 15) is 22.4 Å². The second-order valence-electron chi connectivity index (χ2n) is 1.69. The van der Waals surface area contributed by atoms with Crippen molar-refractivity contribution in [3.63, 3.8) is 0 Å². The van der Waals surface area contributed by atoms with Gasteiger partial charge in [0.25, 0.3) is 5.92 Å². The van der Waals surface area contributed by atoms with Crippen LogP contribution in [0.15, 0.2) is 11.9 Å². The molecule has 0 rings (SSSR count). The lowest BCUT2D eigenvalue weighted by Gasteiger charge is -2.03. The van der Waals surface area contributed by atoms with E-state index in [1.165, 1.54) is 0 Å². The molecule has 0 aliphatic heterocycles. The van der Waals surface area contributed by atoms with Gasteiger partial charge in [0, 0.05) is 6.08 Å². The second kappa shape index (κ2) is 3.36. The van der Waals surface area contributed by atoms with Crippen molar-refractivity contribution in [3.8, 4) is 0 Å². The van der Waals surface area contributed by atoms with E-state index in [4.69, 9.17) is 5.11 Å². The molecule has 0 bridgehead atoms. The Kier molecular flexibility index (Phi) is 3.03. The molecule has 2 nitrogen and oxygen atoms in total. The van der Waals surface area contributed by atoms with Crippen LogP contribution in [-0.4, -0.2) is 23.7 Å². The first-order valence-electron chi connectivity index (χ1n) is 2.44. The Morgan fingerprint density at radius 1 is 1.55 bits per heavy atom. The average Bonchev–Trinajstić information content (AvgIpc) is 1.87. The van der Waals surface area contributed by atoms with Gasteiger partial charge in [0.2, 0.25) is 5.83 Å². The third-order valence-corrected chi connectivity index (χ3v) is 0.720. The summed E-state index contributed by atoms with van der Waals surface area (Å²) >= 11 is 0. The lowest BCUT2D eigenvalue weighted by Crippen LogP contribution is -2.16.